The summed E-state index contributed by atoms with van der Waals surface area (Å²) in [4.78, 5) is 0. The SMILES string of the molecule is Cc1cc2cc3c(ccc4ccccc43)c(C)c2c2ccccc12. The Labute approximate surface area is 141 Å². The topological polar surface area (TPSA) is 0 Å². The van der Waals surface area contributed by atoms with Crippen LogP contribution in [0.2, 0.25) is 0 Å². The Balaban J connectivity index is 2.09. The van der Waals surface area contributed by atoms with Gasteiger partial charge in [-0.1, -0.05) is 66.7 Å². The van der Waals surface area contributed by atoms with E-state index in [-0.39, 0.29) is 0 Å². The van der Waals surface area contributed by atoms with Gasteiger partial charge in [0.2, 0.25) is 0 Å². The van der Waals surface area contributed by atoms with Gasteiger partial charge in [-0.2, -0.15) is 0 Å². The van der Waals surface area contributed by atoms with Crippen LogP contribution in [0.3, 0.4) is 0 Å². The number of hydrogen-bond acceptors (Lipinski definition) is 0. The first kappa shape index (κ1) is 13.6. The lowest BCUT2D eigenvalue weighted by Crippen LogP contribution is -1.88. The molecule has 0 N–H and O–H groups in total. The largest absolute Gasteiger partial charge is 0.0616 e. The molecule has 0 aliphatic heterocycles. The van der Waals surface area contributed by atoms with Crippen molar-refractivity contribution < 1.29 is 0 Å². The normalized spacial score (nSPS) is 11.8. The summed E-state index contributed by atoms with van der Waals surface area (Å²) < 4.78 is 0. The molecule has 0 aliphatic rings. The van der Waals surface area contributed by atoms with Crippen molar-refractivity contribution in [2.45, 2.75) is 13.8 Å². The molecule has 0 amide bonds. The predicted molar refractivity (Wildman–Crippen MR) is 106 cm³/mol. The molecule has 0 radical (unpaired) electrons. The van der Waals surface area contributed by atoms with E-state index in [0.29, 0.717) is 0 Å². The predicted octanol–water partition coefficient (Wildman–Crippen LogP) is 6.92. The highest BCUT2D eigenvalue weighted by molar-refractivity contribution is 6.19. The summed E-state index contributed by atoms with van der Waals surface area (Å²) in [6.07, 6.45) is 0. The van der Waals surface area contributed by atoms with Crippen LogP contribution < -0.4 is 0 Å². The Morgan fingerprint density at radius 3 is 2.04 bits per heavy atom. The average Bonchev–Trinajstić information content (AvgIpc) is 2.62. The summed E-state index contributed by atoms with van der Waals surface area (Å²) in [6.45, 7) is 4.48. The number of benzene rings is 5. The maximum Gasteiger partial charge on any atom is -0.00695 e. The Hall–Kier alpha value is -2.86. The van der Waals surface area contributed by atoms with Crippen LogP contribution in [-0.2, 0) is 0 Å². The Morgan fingerprint density at radius 1 is 0.500 bits per heavy atom. The van der Waals surface area contributed by atoms with Crippen molar-refractivity contribution >= 4 is 43.1 Å². The molecule has 0 heteroatoms. The Morgan fingerprint density at radius 2 is 1.21 bits per heavy atom. The smallest absolute Gasteiger partial charge is 0.00695 e. The molecular formula is C24H18. The summed E-state index contributed by atoms with van der Waals surface area (Å²) in [6, 6.07) is 26.7. The fraction of sp³-hybridized carbons (Fsp3) is 0.0833. The lowest BCUT2D eigenvalue weighted by molar-refractivity contribution is 1.54. The molecule has 0 aromatic heterocycles. The zero-order valence-electron chi connectivity index (χ0n) is 13.9. The summed E-state index contributed by atoms with van der Waals surface area (Å²) in [7, 11) is 0. The maximum absolute atomic E-state index is 2.37. The van der Waals surface area contributed by atoms with Crippen LogP contribution in [0.5, 0.6) is 0 Å². The molecule has 0 heterocycles. The van der Waals surface area contributed by atoms with Crippen molar-refractivity contribution in [3.63, 3.8) is 0 Å². The van der Waals surface area contributed by atoms with Crippen molar-refractivity contribution in [3.8, 4) is 0 Å². The second-order valence-corrected chi connectivity index (χ2v) is 6.72. The molecule has 5 rings (SSSR count). The van der Waals surface area contributed by atoms with Crippen molar-refractivity contribution in [1.29, 1.82) is 0 Å². The van der Waals surface area contributed by atoms with E-state index in [1.54, 1.807) is 0 Å². The number of rotatable bonds is 0. The van der Waals surface area contributed by atoms with Gasteiger partial charge in [0, 0.05) is 0 Å². The maximum atomic E-state index is 2.37. The molecule has 0 spiro atoms. The van der Waals surface area contributed by atoms with Gasteiger partial charge in [0.1, 0.15) is 0 Å². The first-order valence-electron chi connectivity index (χ1n) is 8.47. The van der Waals surface area contributed by atoms with Gasteiger partial charge >= 0.3 is 0 Å². The van der Waals surface area contributed by atoms with Crippen LogP contribution in [0.4, 0.5) is 0 Å². The summed E-state index contributed by atoms with van der Waals surface area (Å²) in [5, 5.41) is 10.8. The molecule has 0 atom stereocenters. The minimum absolute atomic E-state index is 1.31. The van der Waals surface area contributed by atoms with Crippen LogP contribution in [-0.4, -0.2) is 0 Å². The van der Waals surface area contributed by atoms with Gasteiger partial charge in [0.05, 0.1) is 0 Å². The van der Waals surface area contributed by atoms with E-state index in [1.807, 2.05) is 0 Å². The lowest BCUT2D eigenvalue weighted by atomic mass is 9.90. The third-order valence-electron chi connectivity index (χ3n) is 5.33. The zero-order valence-corrected chi connectivity index (χ0v) is 13.9. The fourth-order valence-corrected chi connectivity index (χ4v) is 4.18. The highest BCUT2D eigenvalue weighted by Gasteiger charge is 2.11. The van der Waals surface area contributed by atoms with Gasteiger partial charge < -0.3 is 0 Å². The van der Waals surface area contributed by atoms with Gasteiger partial charge in [-0.05, 0) is 74.1 Å². The molecule has 0 bridgehead atoms. The van der Waals surface area contributed by atoms with Crippen molar-refractivity contribution in [2.75, 3.05) is 0 Å². The monoisotopic (exact) mass is 306 g/mol. The third kappa shape index (κ3) is 1.74. The summed E-state index contributed by atoms with van der Waals surface area (Å²) in [5.41, 5.74) is 2.72. The minimum atomic E-state index is 1.31. The molecule has 0 nitrogen and oxygen atoms in total. The number of aryl methyl sites for hydroxylation is 2. The van der Waals surface area contributed by atoms with Crippen LogP contribution in [0, 0.1) is 13.8 Å². The second kappa shape index (κ2) is 4.82. The third-order valence-corrected chi connectivity index (χ3v) is 5.33. The molecule has 5 aromatic carbocycles. The van der Waals surface area contributed by atoms with E-state index in [9.17, 15) is 0 Å². The molecule has 0 fully saturated rings. The summed E-state index contributed by atoms with van der Waals surface area (Å²) in [5.74, 6) is 0. The molecule has 5 aromatic rings. The van der Waals surface area contributed by atoms with Crippen molar-refractivity contribution in [2.24, 2.45) is 0 Å². The fourth-order valence-electron chi connectivity index (χ4n) is 4.18. The van der Waals surface area contributed by atoms with Crippen molar-refractivity contribution in [1.82, 2.24) is 0 Å². The average molecular weight is 306 g/mol. The highest BCUT2D eigenvalue weighted by atomic mass is 14.1. The molecule has 0 saturated carbocycles. The molecule has 0 saturated heterocycles. The molecule has 0 unspecified atom stereocenters. The lowest BCUT2D eigenvalue weighted by Gasteiger charge is -2.14. The number of fused-ring (bicyclic) bond motifs is 6. The van der Waals surface area contributed by atoms with Gasteiger partial charge in [0.15, 0.2) is 0 Å². The molecule has 24 heavy (non-hydrogen) atoms. The van der Waals surface area contributed by atoms with E-state index in [1.165, 1.54) is 54.2 Å². The van der Waals surface area contributed by atoms with E-state index in [2.05, 4.69) is 86.6 Å². The highest BCUT2D eigenvalue weighted by Crippen LogP contribution is 2.37. The molecule has 0 aliphatic carbocycles. The van der Waals surface area contributed by atoms with Gasteiger partial charge in [-0.15, -0.1) is 0 Å². The van der Waals surface area contributed by atoms with E-state index in [4.69, 9.17) is 0 Å². The Bertz CT molecular complexity index is 1260. The van der Waals surface area contributed by atoms with Crippen LogP contribution in [0.1, 0.15) is 11.1 Å². The van der Waals surface area contributed by atoms with Gasteiger partial charge in [-0.25, -0.2) is 0 Å². The van der Waals surface area contributed by atoms with E-state index in [0.717, 1.165) is 0 Å². The zero-order chi connectivity index (χ0) is 16.3. The first-order valence-corrected chi connectivity index (χ1v) is 8.47. The number of hydrogen-bond donors (Lipinski definition) is 0. The standard InChI is InChI=1S/C24H18/c1-15-13-18-14-23-20(12-11-17-7-3-4-9-21(17)23)16(2)24(18)22-10-6-5-8-19(15)22/h3-14H,1-2H3. The van der Waals surface area contributed by atoms with E-state index < -0.39 is 0 Å². The van der Waals surface area contributed by atoms with Crippen LogP contribution in [0.15, 0.2) is 72.8 Å². The van der Waals surface area contributed by atoms with Gasteiger partial charge in [0.25, 0.3) is 0 Å². The second-order valence-electron chi connectivity index (χ2n) is 6.72. The van der Waals surface area contributed by atoms with E-state index >= 15 is 0 Å². The summed E-state index contributed by atoms with van der Waals surface area (Å²) >= 11 is 0. The van der Waals surface area contributed by atoms with Crippen LogP contribution in [0.25, 0.3) is 43.1 Å². The minimum Gasteiger partial charge on any atom is -0.0616 e. The van der Waals surface area contributed by atoms with Gasteiger partial charge in [-0.3, -0.25) is 0 Å². The molecular weight excluding hydrogens is 288 g/mol. The first-order chi connectivity index (χ1) is 11.7. The Kier molecular flexibility index (Phi) is 2.72. The van der Waals surface area contributed by atoms with Crippen molar-refractivity contribution in [3.05, 3.63) is 83.9 Å². The quantitative estimate of drug-likeness (QED) is 0.215. The molecule has 114 valence electrons. The van der Waals surface area contributed by atoms with Crippen LogP contribution >= 0.6 is 0 Å².